The van der Waals surface area contributed by atoms with Crippen LogP contribution in [0.15, 0.2) is 30.6 Å². The zero-order valence-corrected chi connectivity index (χ0v) is 10.1. The van der Waals surface area contributed by atoms with Crippen LogP contribution in [0.1, 0.15) is 34.0 Å². The van der Waals surface area contributed by atoms with E-state index < -0.39 is 0 Å². The first-order valence-electron chi connectivity index (χ1n) is 5.57. The number of nitrogens with zero attached hydrogens (tertiary/aromatic N) is 1. The second-order valence-corrected chi connectivity index (χ2v) is 4.37. The van der Waals surface area contributed by atoms with Crippen molar-refractivity contribution in [2.45, 2.75) is 46.1 Å². The topological polar surface area (TPSA) is 27.9 Å². The summed E-state index contributed by atoms with van der Waals surface area (Å²) < 4.78 is 2.14. The van der Waals surface area contributed by atoms with Crippen LogP contribution in [0.4, 0.5) is 0 Å². The Morgan fingerprint density at radius 3 is 1.67 bits per heavy atom. The maximum atomic E-state index is 3.48. The molecule has 0 aromatic carbocycles. The third-order valence-corrected chi connectivity index (χ3v) is 2.02. The molecule has 0 saturated heterocycles. The van der Waals surface area contributed by atoms with Crippen LogP contribution in [0.25, 0.3) is 0 Å². The Labute approximate surface area is 92.5 Å². The van der Waals surface area contributed by atoms with Crippen LogP contribution in [-0.2, 0) is 0 Å². The Hall–Kier alpha value is -0.930. The van der Waals surface area contributed by atoms with Crippen molar-refractivity contribution in [2.24, 2.45) is 0 Å². The molecule has 0 fully saturated rings. The first-order chi connectivity index (χ1) is 7.09. The molecule has 0 unspecified atom stereocenters. The number of pyridine rings is 1. The molecule has 3 heteroatoms. The molecule has 0 saturated carbocycles. The number of hydrogen-bond donors (Lipinski definition) is 2. The van der Waals surface area contributed by atoms with Gasteiger partial charge in [0.15, 0.2) is 12.4 Å². The summed E-state index contributed by atoms with van der Waals surface area (Å²) in [6.45, 7) is 8.61. The van der Waals surface area contributed by atoms with Crippen LogP contribution >= 0.6 is 0 Å². The van der Waals surface area contributed by atoms with Crippen LogP contribution < -0.4 is 15.2 Å². The number of rotatable bonds is 5. The first kappa shape index (κ1) is 12.1. The van der Waals surface area contributed by atoms with E-state index in [1.165, 1.54) is 0 Å². The van der Waals surface area contributed by atoms with Crippen molar-refractivity contribution in [1.29, 1.82) is 0 Å². The van der Waals surface area contributed by atoms with Gasteiger partial charge < -0.3 is 0 Å². The fourth-order valence-corrected chi connectivity index (χ4v) is 1.44. The smallest absolute Gasteiger partial charge is 0.243 e. The average Bonchev–Trinajstić information content (AvgIpc) is 2.17. The molecule has 0 aliphatic heterocycles. The Morgan fingerprint density at radius 2 is 1.27 bits per heavy atom. The lowest BCUT2D eigenvalue weighted by atomic mass is 10.3. The summed E-state index contributed by atoms with van der Waals surface area (Å²) in [5.74, 6) is 0. The van der Waals surface area contributed by atoms with Gasteiger partial charge in [-0.05, 0) is 27.7 Å². The van der Waals surface area contributed by atoms with E-state index in [-0.39, 0.29) is 6.29 Å². The third-order valence-electron chi connectivity index (χ3n) is 2.02. The Morgan fingerprint density at radius 1 is 0.800 bits per heavy atom. The number of aromatic nitrogens is 1. The van der Waals surface area contributed by atoms with Crippen molar-refractivity contribution < 1.29 is 4.57 Å². The first-order valence-corrected chi connectivity index (χ1v) is 5.57. The average molecular weight is 208 g/mol. The monoisotopic (exact) mass is 208 g/mol. The van der Waals surface area contributed by atoms with E-state index in [0.717, 1.165) is 0 Å². The van der Waals surface area contributed by atoms with Crippen molar-refractivity contribution in [1.82, 2.24) is 10.6 Å². The highest BCUT2D eigenvalue weighted by molar-refractivity contribution is 4.84. The summed E-state index contributed by atoms with van der Waals surface area (Å²) >= 11 is 0. The van der Waals surface area contributed by atoms with Gasteiger partial charge in [-0.3, -0.25) is 0 Å². The van der Waals surface area contributed by atoms with Crippen LogP contribution in [0.3, 0.4) is 0 Å². The van der Waals surface area contributed by atoms with Crippen molar-refractivity contribution in [3.05, 3.63) is 30.6 Å². The summed E-state index contributed by atoms with van der Waals surface area (Å²) in [5, 5.41) is 6.96. The fourth-order valence-electron chi connectivity index (χ4n) is 1.44. The minimum Gasteiger partial charge on any atom is -0.243 e. The van der Waals surface area contributed by atoms with Gasteiger partial charge in [0.2, 0.25) is 0 Å². The van der Waals surface area contributed by atoms with E-state index in [1.54, 1.807) is 0 Å². The quantitative estimate of drug-likeness (QED) is 0.566. The highest BCUT2D eigenvalue weighted by Crippen LogP contribution is 1.92. The van der Waals surface area contributed by atoms with E-state index in [1.807, 2.05) is 18.2 Å². The van der Waals surface area contributed by atoms with Crippen LogP contribution in [0, 0.1) is 0 Å². The minimum atomic E-state index is 0.159. The minimum absolute atomic E-state index is 0.159. The SMILES string of the molecule is CC(C)NC(NC(C)C)[n+]1ccccc1. The molecule has 1 aromatic rings. The molecule has 0 radical (unpaired) electrons. The van der Waals surface area contributed by atoms with Crippen LogP contribution in [0.5, 0.6) is 0 Å². The highest BCUT2D eigenvalue weighted by Gasteiger charge is 2.18. The highest BCUT2D eigenvalue weighted by atomic mass is 15.3. The van der Waals surface area contributed by atoms with E-state index in [4.69, 9.17) is 0 Å². The standard InChI is InChI=1S/C12H22N3/c1-10(2)13-12(14-11(3)4)15-8-6-5-7-9-15/h5-14H,1-4H3/q+1. The summed E-state index contributed by atoms with van der Waals surface area (Å²) in [7, 11) is 0. The summed E-state index contributed by atoms with van der Waals surface area (Å²) in [5.41, 5.74) is 0. The van der Waals surface area contributed by atoms with Crippen LogP contribution in [0.2, 0.25) is 0 Å². The molecule has 1 heterocycles. The van der Waals surface area contributed by atoms with Gasteiger partial charge in [-0.15, -0.1) is 0 Å². The summed E-state index contributed by atoms with van der Waals surface area (Å²) in [4.78, 5) is 0. The molecule has 0 aliphatic rings. The van der Waals surface area contributed by atoms with E-state index in [0.29, 0.717) is 12.1 Å². The molecule has 0 spiro atoms. The second kappa shape index (κ2) is 5.83. The molecule has 3 nitrogen and oxygen atoms in total. The molecule has 0 bridgehead atoms. The lowest BCUT2D eigenvalue weighted by Crippen LogP contribution is -2.57. The fraction of sp³-hybridized carbons (Fsp3) is 0.583. The molecule has 15 heavy (non-hydrogen) atoms. The van der Waals surface area contributed by atoms with Gasteiger partial charge in [0.25, 0.3) is 6.29 Å². The molecule has 1 aromatic heterocycles. The number of nitrogens with one attached hydrogen (secondary N) is 2. The van der Waals surface area contributed by atoms with Gasteiger partial charge in [-0.2, -0.15) is 4.57 Å². The molecule has 0 atom stereocenters. The molecule has 2 N–H and O–H groups in total. The van der Waals surface area contributed by atoms with Gasteiger partial charge in [0.05, 0.1) is 0 Å². The second-order valence-electron chi connectivity index (χ2n) is 4.37. The Bertz CT molecular complexity index is 259. The van der Waals surface area contributed by atoms with E-state index in [2.05, 4.69) is 55.3 Å². The Balaban J connectivity index is 2.72. The number of hydrogen-bond acceptors (Lipinski definition) is 2. The summed E-state index contributed by atoms with van der Waals surface area (Å²) in [6, 6.07) is 7.01. The van der Waals surface area contributed by atoms with E-state index >= 15 is 0 Å². The largest absolute Gasteiger partial charge is 0.270 e. The lowest BCUT2D eigenvalue weighted by Gasteiger charge is -2.19. The molecular weight excluding hydrogens is 186 g/mol. The zero-order chi connectivity index (χ0) is 11.3. The van der Waals surface area contributed by atoms with Gasteiger partial charge in [-0.25, -0.2) is 10.6 Å². The maximum absolute atomic E-state index is 3.48. The zero-order valence-electron chi connectivity index (χ0n) is 10.1. The predicted molar refractivity (Wildman–Crippen MR) is 62.2 cm³/mol. The molecule has 0 aliphatic carbocycles. The van der Waals surface area contributed by atoms with Gasteiger partial charge in [0, 0.05) is 24.2 Å². The molecule has 0 amide bonds. The maximum Gasteiger partial charge on any atom is 0.270 e. The molecular formula is C12H22N3+. The van der Waals surface area contributed by atoms with Crippen molar-refractivity contribution in [3.8, 4) is 0 Å². The molecule has 1 rings (SSSR count). The lowest BCUT2D eigenvalue weighted by molar-refractivity contribution is -0.735. The van der Waals surface area contributed by atoms with Gasteiger partial charge in [-0.1, -0.05) is 6.07 Å². The van der Waals surface area contributed by atoms with E-state index in [9.17, 15) is 0 Å². The summed E-state index contributed by atoms with van der Waals surface area (Å²) in [6.07, 6.45) is 4.29. The van der Waals surface area contributed by atoms with Crippen molar-refractivity contribution in [3.63, 3.8) is 0 Å². The predicted octanol–water partition coefficient (Wildman–Crippen LogP) is 1.43. The third kappa shape index (κ3) is 4.40. The van der Waals surface area contributed by atoms with Gasteiger partial charge >= 0.3 is 0 Å². The van der Waals surface area contributed by atoms with Crippen LogP contribution in [-0.4, -0.2) is 12.1 Å². The normalized spacial score (nSPS) is 11.7. The molecule has 84 valence electrons. The van der Waals surface area contributed by atoms with Crippen molar-refractivity contribution >= 4 is 0 Å². The Kier molecular flexibility index (Phi) is 4.72. The van der Waals surface area contributed by atoms with Gasteiger partial charge in [0.1, 0.15) is 0 Å². The van der Waals surface area contributed by atoms with Crippen molar-refractivity contribution in [2.75, 3.05) is 0 Å².